The summed E-state index contributed by atoms with van der Waals surface area (Å²) in [6.45, 7) is -0.525. The Morgan fingerprint density at radius 2 is 2.00 bits per heavy atom. The molecule has 0 fully saturated rings. The van der Waals surface area contributed by atoms with E-state index in [1.165, 1.54) is 0 Å². The van der Waals surface area contributed by atoms with Gasteiger partial charge in [0, 0.05) is 6.61 Å². The number of aliphatic hydroxyl groups is 3. The molecule has 0 bridgehead atoms. The summed E-state index contributed by atoms with van der Waals surface area (Å²) in [6.07, 6.45) is -0.212. The number of hydrogen-bond acceptors (Lipinski definition) is 5. The first-order chi connectivity index (χ1) is 5.43. The van der Waals surface area contributed by atoms with Crippen LogP contribution in [0.3, 0.4) is 0 Å². The lowest BCUT2D eigenvalue weighted by atomic mass is 10.3. The molecule has 4 N–H and O–H groups in total. The Morgan fingerprint density at radius 1 is 1.50 bits per heavy atom. The molecule has 6 nitrogen and oxygen atoms in total. The molecular weight excluding hydrogens is 188 g/mol. The zero-order chi connectivity index (χ0) is 9.78. The minimum absolute atomic E-state index is 0.161. The predicted molar refractivity (Wildman–Crippen MR) is 40.4 cm³/mol. The van der Waals surface area contributed by atoms with E-state index in [0.717, 1.165) is 0 Å². The summed E-state index contributed by atoms with van der Waals surface area (Å²) >= 11 is 0. The molecule has 0 aliphatic rings. The smallest absolute Gasteiger partial charge is 0.275 e. The molecule has 0 saturated heterocycles. The molecule has 12 heavy (non-hydrogen) atoms. The third-order valence-corrected chi connectivity index (χ3v) is 2.41. The highest BCUT2D eigenvalue weighted by Gasteiger charge is 2.26. The Morgan fingerprint density at radius 3 is 2.25 bits per heavy atom. The van der Waals surface area contributed by atoms with E-state index >= 15 is 0 Å². The van der Waals surface area contributed by atoms with Crippen LogP contribution >= 0.6 is 0 Å². The SMILES string of the molecule is O=S(=O)(O)C(CCO)/C(O)=C/O. The van der Waals surface area contributed by atoms with Gasteiger partial charge in [0.15, 0.2) is 0 Å². The van der Waals surface area contributed by atoms with Gasteiger partial charge in [-0.25, -0.2) is 0 Å². The highest BCUT2D eigenvalue weighted by atomic mass is 32.2. The molecule has 0 aromatic heterocycles. The molecule has 0 aromatic rings. The van der Waals surface area contributed by atoms with Crippen molar-refractivity contribution in [3.8, 4) is 0 Å². The van der Waals surface area contributed by atoms with Gasteiger partial charge in [0.2, 0.25) is 0 Å². The van der Waals surface area contributed by atoms with E-state index in [1.807, 2.05) is 0 Å². The average Bonchev–Trinajstić information content (AvgIpc) is 1.96. The van der Waals surface area contributed by atoms with Crippen LogP contribution in [0.4, 0.5) is 0 Å². The predicted octanol–water partition coefficient (Wildman–Crippen LogP) is -0.417. The Hall–Kier alpha value is -0.790. The summed E-state index contributed by atoms with van der Waals surface area (Å²) in [4.78, 5) is 0. The standard InChI is InChI=1S/C5H10O6S/c6-2-1-5(4(8)3-7)12(9,10)11/h3,5-8H,1-2H2,(H,9,10,11)/b4-3-. The maximum absolute atomic E-state index is 10.5. The zero-order valence-electron chi connectivity index (χ0n) is 6.08. The molecule has 0 saturated carbocycles. The maximum Gasteiger partial charge on any atom is 0.275 e. The van der Waals surface area contributed by atoms with Gasteiger partial charge in [-0.05, 0) is 6.42 Å². The molecule has 72 valence electrons. The molecule has 0 amide bonds. The summed E-state index contributed by atoms with van der Waals surface area (Å²) < 4.78 is 29.4. The van der Waals surface area contributed by atoms with Gasteiger partial charge < -0.3 is 15.3 Å². The van der Waals surface area contributed by atoms with Crippen molar-refractivity contribution in [1.29, 1.82) is 0 Å². The number of rotatable bonds is 4. The van der Waals surface area contributed by atoms with Crippen molar-refractivity contribution in [1.82, 2.24) is 0 Å². The van der Waals surface area contributed by atoms with Gasteiger partial charge in [0.1, 0.15) is 17.3 Å². The van der Waals surface area contributed by atoms with Gasteiger partial charge in [-0.2, -0.15) is 8.42 Å². The van der Waals surface area contributed by atoms with E-state index in [9.17, 15) is 8.42 Å². The number of hydrogen-bond donors (Lipinski definition) is 4. The Labute approximate surface area is 69.5 Å². The van der Waals surface area contributed by atoms with Crippen molar-refractivity contribution >= 4 is 10.1 Å². The molecule has 7 heteroatoms. The fraction of sp³-hybridized carbons (Fsp3) is 0.600. The third-order valence-electron chi connectivity index (χ3n) is 1.21. The minimum Gasteiger partial charge on any atom is -0.512 e. The zero-order valence-corrected chi connectivity index (χ0v) is 6.90. The van der Waals surface area contributed by atoms with E-state index in [4.69, 9.17) is 19.9 Å². The Balaban J connectivity index is 4.69. The molecule has 0 rings (SSSR count). The van der Waals surface area contributed by atoms with Crippen LogP contribution in [-0.4, -0.2) is 40.1 Å². The molecule has 0 radical (unpaired) electrons. The van der Waals surface area contributed by atoms with Gasteiger partial charge in [0.25, 0.3) is 10.1 Å². The third kappa shape index (κ3) is 3.07. The Kier molecular flexibility index (Phi) is 4.01. The van der Waals surface area contributed by atoms with Gasteiger partial charge >= 0.3 is 0 Å². The van der Waals surface area contributed by atoms with E-state index < -0.39 is 27.7 Å². The summed E-state index contributed by atoms with van der Waals surface area (Å²) in [7, 11) is -4.48. The van der Waals surface area contributed by atoms with Crippen LogP contribution in [0, 0.1) is 0 Å². The van der Waals surface area contributed by atoms with Crippen LogP contribution in [0.2, 0.25) is 0 Å². The molecular formula is C5H10O6S. The summed E-state index contributed by atoms with van der Waals surface area (Å²) in [5.74, 6) is -0.897. The second-order valence-electron chi connectivity index (χ2n) is 2.07. The van der Waals surface area contributed by atoms with Crippen molar-refractivity contribution < 1.29 is 28.3 Å². The van der Waals surface area contributed by atoms with Crippen molar-refractivity contribution in [2.45, 2.75) is 11.7 Å². The highest BCUT2D eigenvalue weighted by molar-refractivity contribution is 7.86. The first-order valence-corrected chi connectivity index (χ1v) is 4.54. The molecule has 0 heterocycles. The lowest BCUT2D eigenvalue weighted by molar-refractivity contribution is 0.267. The largest absolute Gasteiger partial charge is 0.512 e. The fourth-order valence-corrected chi connectivity index (χ4v) is 1.42. The van der Waals surface area contributed by atoms with Crippen LogP contribution in [0.25, 0.3) is 0 Å². The van der Waals surface area contributed by atoms with Crippen LogP contribution in [-0.2, 0) is 10.1 Å². The lowest BCUT2D eigenvalue weighted by Crippen LogP contribution is -2.24. The second kappa shape index (κ2) is 4.29. The summed E-state index contributed by atoms with van der Waals surface area (Å²) in [5.41, 5.74) is 0. The van der Waals surface area contributed by atoms with Crippen LogP contribution < -0.4 is 0 Å². The number of aliphatic hydroxyl groups excluding tert-OH is 3. The average molecular weight is 198 g/mol. The van der Waals surface area contributed by atoms with Crippen LogP contribution in [0.15, 0.2) is 12.0 Å². The minimum atomic E-state index is -4.48. The molecule has 0 aromatic carbocycles. The van der Waals surface area contributed by atoms with Crippen molar-refractivity contribution in [2.75, 3.05) is 6.61 Å². The van der Waals surface area contributed by atoms with Crippen molar-refractivity contribution in [2.24, 2.45) is 0 Å². The summed E-state index contributed by atoms with van der Waals surface area (Å²) in [6, 6.07) is 0. The second-order valence-corrected chi connectivity index (χ2v) is 3.67. The highest BCUT2D eigenvalue weighted by Crippen LogP contribution is 2.11. The molecule has 0 spiro atoms. The van der Waals surface area contributed by atoms with Crippen LogP contribution in [0.1, 0.15) is 6.42 Å². The van der Waals surface area contributed by atoms with Crippen molar-refractivity contribution in [3.63, 3.8) is 0 Å². The monoisotopic (exact) mass is 198 g/mol. The van der Waals surface area contributed by atoms with Gasteiger partial charge in [-0.15, -0.1) is 0 Å². The summed E-state index contributed by atoms with van der Waals surface area (Å²) in [5, 5.41) is 23.7. The maximum atomic E-state index is 10.5. The molecule has 1 atom stereocenters. The van der Waals surface area contributed by atoms with E-state index in [-0.39, 0.29) is 12.7 Å². The first kappa shape index (κ1) is 11.2. The quantitative estimate of drug-likeness (QED) is 0.360. The molecule has 0 aliphatic heterocycles. The first-order valence-electron chi connectivity index (χ1n) is 3.04. The lowest BCUT2D eigenvalue weighted by Gasteiger charge is -2.09. The van der Waals surface area contributed by atoms with Crippen molar-refractivity contribution in [3.05, 3.63) is 12.0 Å². The van der Waals surface area contributed by atoms with Gasteiger partial charge in [-0.1, -0.05) is 0 Å². The topological polar surface area (TPSA) is 115 Å². The van der Waals surface area contributed by atoms with E-state index in [0.29, 0.717) is 0 Å². The normalized spacial score (nSPS) is 16.0. The molecule has 1 unspecified atom stereocenters. The Bertz CT molecular complexity index is 253. The van der Waals surface area contributed by atoms with E-state index in [1.54, 1.807) is 0 Å². The fourth-order valence-electron chi connectivity index (χ4n) is 0.650. The van der Waals surface area contributed by atoms with E-state index in [2.05, 4.69) is 0 Å². The molecule has 0 aliphatic carbocycles. The van der Waals surface area contributed by atoms with Gasteiger partial charge in [0.05, 0.1) is 0 Å². The van der Waals surface area contributed by atoms with Crippen LogP contribution in [0.5, 0.6) is 0 Å². The van der Waals surface area contributed by atoms with Gasteiger partial charge in [-0.3, -0.25) is 4.55 Å².